The number of hydrogen-bond donors (Lipinski definition) is 1. The number of hydrogen-bond acceptors (Lipinski definition) is 7. The van der Waals surface area contributed by atoms with E-state index < -0.39 is 16.5 Å². The maximum Gasteiger partial charge on any atom is 0.286 e. The highest BCUT2D eigenvalue weighted by molar-refractivity contribution is 6.07. The summed E-state index contributed by atoms with van der Waals surface area (Å²) in [5.41, 5.74) is -0.169. The quantitative estimate of drug-likeness (QED) is 0.523. The Balaban J connectivity index is 1.88. The van der Waals surface area contributed by atoms with Crippen LogP contribution in [-0.4, -0.2) is 39.6 Å². The predicted octanol–water partition coefficient (Wildman–Crippen LogP) is 2.45. The summed E-state index contributed by atoms with van der Waals surface area (Å²) in [5.74, 6) is 0.316. The number of rotatable bonds is 6. The molecule has 10 nitrogen and oxygen atoms in total. The number of anilines is 1. The van der Waals surface area contributed by atoms with Crippen molar-refractivity contribution in [1.82, 2.24) is 14.5 Å². The number of amides is 1. The van der Waals surface area contributed by atoms with Crippen molar-refractivity contribution in [2.75, 3.05) is 19.5 Å². The maximum atomic E-state index is 12.6. The molecular weight excluding hydrogens is 354 g/mol. The van der Waals surface area contributed by atoms with Gasteiger partial charge in [0.2, 0.25) is 0 Å². The predicted molar refractivity (Wildman–Crippen MR) is 95.5 cm³/mol. The fourth-order valence-corrected chi connectivity index (χ4v) is 2.41. The van der Waals surface area contributed by atoms with Gasteiger partial charge in [-0.05, 0) is 12.1 Å². The first-order chi connectivity index (χ1) is 13.0. The summed E-state index contributed by atoms with van der Waals surface area (Å²) in [6, 6.07) is 5.72. The van der Waals surface area contributed by atoms with Crippen molar-refractivity contribution in [2.24, 2.45) is 0 Å². The molecule has 1 N–H and O–H groups in total. The minimum atomic E-state index is -0.667. The summed E-state index contributed by atoms with van der Waals surface area (Å²) >= 11 is 0. The molecule has 27 heavy (non-hydrogen) atoms. The molecule has 0 spiro atoms. The van der Waals surface area contributed by atoms with Crippen LogP contribution in [0.5, 0.6) is 11.5 Å². The molecule has 2 aromatic heterocycles. The summed E-state index contributed by atoms with van der Waals surface area (Å²) in [4.78, 5) is 31.4. The summed E-state index contributed by atoms with van der Waals surface area (Å²) in [6.07, 6.45) is 6.38. The SMILES string of the molecule is COc1cc(C(=O)Nc2ccc(-n3ccnc3)nc2)c([N+](=O)[O-])cc1OC. The molecule has 0 aliphatic rings. The van der Waals surface area contributed by atoms with Gasteiger partial charge in [0.25, 0.3) is 11.6 Å². The first-order valence-corrected chi connectivity index (χ1v) is 7.69. The minimum Gasteiger partial charge on any atom is -0.493 e. The molecule has 0 saturated carbocycles. The number of nitrogens with zero attached hydrogens (tertiary/aromatic N) is 4. The highest BCUT2D eigenvalue weighted by atomic mass is 16.6. The fraction of sp³-hybridized carbons (Fsp3) is 0.118. The first-order valence-electron chi connectivity index (χ1n) is 7.69. The van der Waals surface area contributed by atoms with Crippen molar-refractivity contribution in [1.29, 1.82) is 0 Å². The van der Waals surface area contributed by atoms with Crippen LogP contribution in [0.4, 0.5) is 11.4 Å². The number of ether oxygens (including phenoxy) is 2. The van der Waals surface area contributed by atoms with Crippen LogP contribution < -0.4 is 14.8 Å². The Morgan fingerprint density at radius 2 is 1.96 bits per heavy atom. The zero-order valence-corrected chi connectivity index (χ0v) is 14.4. The number of benzene rings is 1. The van der Waals surface area contributed by atoms with E-state index in [0.717, 1.165) is 6.07 Å². The highest BCUT2D eigenvalue weighted by Gasteiger charge is 2.24. The van der Waals surface area contributed by atoms with Gasteiger partial charge < -0.3 is 14.8 Å². The van der Waals surface area contributed by atoms with Crippen molar-refractivity contribution in [2.45, 2.75) is 0 Å². The average molecular weight is 369 g/mol. The zero-order valence-electron chi connectivity index (χ0n) is 14.4. The third-order valence-corrected chi connectivity index (χ3v) is 3.72. The van der Waals surface area contributed by atoms with E-state index in [1.807, 2.05) is 0 Å². The van der Waals surface area contributed by atoms with Crippen molar-refractivity contribution in [3.8, 4) is 17.3 Å². The molecule has 138 valence electrons. The third kappa shape index (κ3) is 3.68. The molecule has 0 aliphatic carbocycles. The van der Waals surface area contributed by atoms with Crippen molar-refractivity contribution in [3.05, 3.63) is 64.9 Å². The number of nitro benzene ring substituents is 1. The number of nitro groups is 1. The van der Waals surface area contributed by atoms with Gasteiger partial charge in [-0.2, -0.15) is 0 Å². The lowest BCUT2D eigenvalue weighted by Crippen LogP contribution is -2.14. The van der Waals surface area contributed by atoms with E-state index in [-0.39, 0.29) is 17.1 Å². The van der Waals surface area contributed by atoms with Gasteiger partial charge in [0.15, 0.2) is 11.5 Å². The van der Waals surface area contributed by atoms with Crippen LogP contribution >= 0.6 is 0 Å². The van der Waals surface area contributed by atoms with E-state index in [1.165, 1.54) is 26.5 Å². The molecule has 0 bridgehead atoms. The van der Waals surface area contributed by atoms with Crippen LogP contribution in [0.3, 0.4) is 0 Å². The van der Waals surface area contributed by atoms with Crippen LogP contribution in [0.2, 0.25) is 0 Å². The average Bonchev–Trinajstić information content (AvgIpc) is 3.22. The van der Waals surface area contributed by atoms with Gasteiger partial charge >= 0.3 is 0 Å². The fourth-order valence-electron chi connectivity index (χ4n) is 2.41. The molecule has 1 amide bonds. The molecule has 2 heterocycles. The van der Waals surface area contributed by atoms with Crippen molar-refractivity contribution in [3.63, 3.8) is 0 Å². The Hall–Kier alpha value is -3.95. The van der Waals surface area contributed by atoms with E-state index in [0.29, 0.717) is 11.5 Å². The van der Waals surface area contributed by atoms with Gasteiger partial charge in [0.1, 0.15) is 17.7 Å². The van der Waals surface area contributed by atoms with Gasteiger partial charge in [-0.25, -0.2) is 9.97 Å². The summed E-state index contributed by atoms with van der Waals surface area (Å²) in [5, 5.41) is 13.9. The maximum absolute atomic E-state index is 12.6. The number of nitrogens with one attached hydrogen (secondary N) is 1. The molecule has 0 radical (unpaired) electrons. The van der Waals surface area contributed by atoms with Gasteiger partial charge in [-0.1, -0.05) is 0 Å². The van der Waals surface area contributed by atoms with Crippen LogP contribution in [0.25, 0.3) is 5.82 Å². The molecule has 0 aliphatic heterocycles. The Kier molecular flexibility index (Phi) is 4.97. The zero-order chi connectivity index (χ0) is 19.4. The Bertz CT molecular complexity index is 970. The van der Waals surface area contributed by atoms with Crippen LogP contribution in [0.15, 0.2) is 49.2 Å². The standard InChI is InChI=1S/C17H15N5O5/c1-26-14-7-12(13(22(24)25)8-15(14)27-2)17(23)20-11-3-4-16(19-9-11)21-6-5-18-10-21/h3-10H,1-2H3,(H,20,23). The Labute approximate surface area is 153 Å². The van der Waals surface area contributed by atoms with Crippen LogP contribution in [0.1, 0.15) is 10.4 Å². The number of methoxy groups -OCH3 is 2. The second-order valence-corrected chi connectivity index (χ2v) is 5.31. The monoisotopic (exact) mass is 369 g/mol. The smallest absolute Gasteiger partial charge is 0.286 e. The van der Waals surface area contributed by atoms with E-state index in [2.05, 4.69) is 15.3 Å². The molecule has 3 aromatic rings. The van der Waals surface area contributed by atoms with Gasteiger partial charge in [0, 0.05) is 18.5 Å². The second kappa shape index (κ2) is 7.52. The van der Waals surface area contributed by atoms with Gasteiger partial charge in [-0.3, -0.25) is 19.5 Å². The number of carbonyl (C=O) groups is 1. The number of carbonyl (C=O) groups excluding carboxylic acids is 1. The lowest BCUT2D eigenvalue weighted by atomic mass is 10.1. The van der Waals surface area contributed by atoms with Crippen molar-refractivity contribution >= 4 is 17.3 Å². The number of pyridine rings is 1. The molecule has 10 heteroatoms. The number of aromatic nitrogens is 3. The van der Waals surface area contributed by atoms with E-state index in [1.54, 1.807) is 35.4 Å². The van der Waals surface area contributed by atoms with E-state index >= 15 is 0 Å². The highest BCUT2D eigenvalue weighted by Crippen LogP contribution is 2.34. The van der Waals surface area contributed by atoms with E-state index in [9.17, 15) is 14.9 Å². The molecule has 1 aromatic carbocycles. The Morgan fingerprint density at radius 3 is 2.52 bits per heavy atom. The number of imidazole rings is 1. The normalized spacial score (nSPS) is 10.3. The van der Waals surface area contributed by atoms with E-state index in [4.69, 9.17) is 9.47 Å². The second-order valence-electron chi connectivity index (χ2n) is 5.31. The summed E-state index contributed by atoms with van der Waals surface area (Å²) < 4.78 is 11.9. The molecule has 0 fully saturated rings. The molecule has 0 saturated heterocycles. The topological polar surface area (TPSA) is 121 Å². The molecule has 0 atom stereocenters. The van der Waals surface area contributed by atoms with Crippen LogP contribution in [-0.2, 0) is 0 Å². The third-order valence-electron chi connectivity index (χ3n) is 3.72. The lowest BCUT2D eigenvalue weighted by Gasteiger charge is -2.11. The lowest BCUT2D eigenvalue weighted by molar-refractivity contribution is -0.385. The van der Waals surface area contributed by atoms with Crippen LogP contribution in [0, 0.1) is 10.1 Å². The minimum absolute atomic E-state index is 0.156. The largest absolute Gasteiger partial charge is 0.493 e. The molecular formula is C17H15N5O5. The van der Waals surface area contributed by atoms with Gasteiger partial charge in [0.05, 0.1) is 37.1 Å². The first kappa shape index (κ1) is 17.9. The molecule has 3 rings (SSSR count). The van der Waals surface area contributed by atoms with Crippen molar-refractivity contribution < 1.29 is 19.2 Å². The van der Waals surface area contributed by atoms with Gasteiger partial charge in [-0.15, -0.1) is 0 Å². The molecule has 0 unspecified atom stereocenters. The summed E-state index contributed by atoms with van der Waals surface area (Å²) in [6.45, 7) is 0. The summed E-state index contributed by atoms with van der Waals surface area (Å²) in [7, 11) is 2.74. The Morgan fingerprint density at radius 1 is 1.22 bits per heavy atom.